The van der Waals surface area contributed by atoms with Gasteiger partial charge in [-0.1, -0.05) is 13.8 Å². The van der Waals surface area contributed by atoms with E-state index in [9.17, 15) is 4.79 Å². The smallest absolute Gasteiger partial charge is 0.332 e. The van der Waals surface area contributed by atoms with Gasteiger partial charge in [-0.2, -0.15) is 5.26 Å². The molecule has 0 saturated carbocycles. The monoisotopic (exact) mass is 254 g/mol. The number of hydrogen-bond acceptors (Lipinski definition) is 4. The SMILES string of the molecule is CC(C)CN(CCC#N)CC1CCC(C(=O)O)O1. The first-order valence-corrected chi connectivity index (χ1v) is 6.50. The van der Waals surface area contributed by atoms with Gasteiger partial charge in [0.2, 0.25) is 0 Å². The van der Waals surface area contributed by atoms with Crippen LogP contribution in [0, 0.1) is 17.2 Å². The number of ether oxygens (including phenoxy) is 1. The molecule has 1 N–H and O–H groups in total. The van der Waals surface area contributed by atoms with Crippen LogP contribution in [0.15, 0.2) is 0 Å². The maximum Gasteiger partial charge on any atom is 0.332 e. The Morgan fingerprint density at radius 3 is 2.78 bits per heavy atom. The maximum atomic E-state index is 10.8. The number of aliphatic carboxylic acids is 1. The summed E-state index contributed by atoms with van der Waals surface area (Å²) in [5.41, 5.74) is 0. The molecule has 5 heteroatoms. The van der Waals surface area contributed by atoms with Gasteiger partial charge in [-0.25, -0.2) is 4.79 Å². The molecule has 1 fully saturated rings. The number of carbonyl (C=O) groups is 1. The summed E-state index contributed by atoms with van der Waals surface area (Å²) < 4.78 is 5.49. The van der Waals surface area contributed by atoms with Crippen LogP contribution >= 0.6 is 0 Å². The third-order valence-electron chi connectivity index (χ3n) is 3.01. The van der Waals surface area contributed by atoms with E-state index in [1.807, 2.05) is 0 Å². The number of carboxylic acid groups (broad SMARTS) is 1. The minimum atomic E-state index is -0.870. The Morgan fingerprint density at radius 2 is 2.28 bits per heavy atom. The van der Waals surface area contributed by atoms with Gasteiger partial charge in [-0.3, -0.25) is 4.90 Å². The minimum absolute atomic E-state index is 0.0106. The van der Waals surface area contributed by atoms with Gasteiger partial charge < -0.3 is 9.84 Å². The number of hydrogen-bond donors (Lipinski definition) is 1. The molecule has 0 aromatic rings. The summed E-state index contributed by atoms with van der Waals surface area (Å²) in [6.45, 7) is 6.64. The highest BCUT2D eigenvalue weighted by molar-refractivity contribution is 5.72. The van der Waals surface area contributed by atoms with Crippen LogP contribution in [0.25, 0.3) is 0 Å². The topological polar surface area (TPSA) is 73.6 Å². The summed E-state index contributed by atoms with van der Waals surface area (Å²) in [5, 5.41) is 17.5. The molecule has 1 aliphatic heterocycles. The largest absolute Gasteiger partial charge is 0.479 e. The van der Waals surface area contributed by atoms with E-state index < -0.39 is 12.1 Å². The zero-order valence-corrected chi connectivity index (χ0v) is 11.1. The van der Waals surface area contributed by atoms with E-state index >= 15 is 0 Å². The molecule has 2 unspecified atom stereocenters. The molecule has 0 aliphatic carbocycles. The van der Waals surface area contributed by atoms with Gasteiger partial charge in [-0.15, -0.1) is 0 Å². The fourth-order valence-electron chi connectivity index (χ4n) is 2.29. The van der Waals surface area contributed by atoms with E-state index in [0.29, 0.717) is 18.8 Å². The van der Waals surface area contributed by atoms with Crippen LogP contribution in [0.2, 0.25) is 0 Å². The molecular weight excluding hydrogens is 232 g/mol. The van der Waals surface area contributed by atoms with Gasteiger partial charge in [0.25, 0.3) is 0 Å². The number of carboxylic acids is 1. The molecule has 0 radical (unpaired) electrons. The maximum absolute atomic E-state index is 10.8. The second kappa shape index (κ2) is 7.34. The molecule has 1 aliphatic rings. The summed E-state index contributed by atoms with van der Waals surface area (Å²) in [5.74, 6) is -0.342. The lowest BCUT2D eigenvalue weighted by Crippen LogP contribution is -2.36. The second-order valence-electron chi connectivity index (χ2n) is 5.22. The van der Waals surface area contributed by atoms with Crippen LogP contribution in [0.1, 0.15) is 33.1 Å². The lowest BCUT2D eigenvalue weighted by Gasteiger charge is -2.26. The quantitative estimate of drug-likeness (QED) is 0.745. The lowest BCUT2D eigenvalue weighted by atomic mass is 10.1. The summed E-state index contributed by atoms with van der Waals surface area (Å²) in [6, 6.07) is 2.15. The van der Waals surface area contributed by atoms with Crippen molar-refractivity contribution in [1.82, 2.24) is 4.90 Å². The molecule has 2 atom stereocenters. The summed E-state index contributed by atoms with van der Waals surface area (Å²) in [7, 11) is 0. The van der Waals surface area contributed by atoms with Crippen molar-refractivity contribution in [1.29, 1.82) is 5.26 Å². The van der Waals surface area contributed by atoms with Crippen LogP contribution in [-0.2, 0) is 9.53 Å². The highest BCUT2D eigenvalue weighted by atomic mass is 16.5. The fourth-order valence-corrected chi connectivity index (χ4v) is 2.29. The number of nitrogens with zero attached hydrogens (tertiary/aromatic N) is 2. The Hall–Kier alpha value is -1.12. The van der Waals surface area contributed by atoms with Crippen LogP contribution in [-0.4, -0.2) is 47.8 Å². The van der Waals surface area contributed by atoms with Gasteiger partial charge in [0.05, 0.1) is 12.2 Å². The minimum Gasteiger partial charge on any atom is -0.479 e. The van der Waals surface area contributed by atoms with Crippen molar-refractivity contribution in [3.8, 4) is 6.07 Å². The molecule has 0 aromatic heterocycles. The van der Waals surface area contributed by atoms with Crippen molar-refractivity contribution in [2.75, 3.05) is 19.6 Å². The molecular formula is C13H22N2O3. The Labute approximate surface area is 108 Å². The summed E-state index contributed by atoms with van der Waals surface area (Å²) in [6.07, 6.45) is 1.23. The summed E-state index contributed by atoms with van der Waals surface area (Å²) >= 11 is 0. The molecule has 1 heterocycles. The van der Waals surface area contributed by atoms with Crippen molar-refractivity contribution in [2.45, 2.75) is 45.3 Å². The van der Waals surface area contributed by atoms with Crippen molar-refractivity contribution < 1.29 is 14.6 Å². The van der Waals surface area contributed by atoms with E-state index in [-0.39, 0.29) is 6.10 Å². The molecule has 18 heavy (non-hydrogen) atoms. The number of nitriles is 1. The van der Waals surface area contributed by atoms with Crippen LogP contribution in [0.4, 0.5) is 0 Å². The van der Waals surface area contributed by atoms with E-state index in [1.165, 1.54) is 0 Å². The molecule has 0 amide bonds. The first-order valence-electron chi connectivity index (χ1n) is 6.50. The molecule has 0 aromatic carbocycles. The highest BCUT2D eigenvalue weighted by Crippen LogP contribution is 2.21. The predicted molar refractivity (Wildman–Crippen MR) is 67.0 cm³/mol. The van der Waals surface area contributed by atoms with E-state index in [1.54, 1.807) is 0 Å². The Balaban J connectivity index is 2.41. The van der Waals surface area contributed by atoms with Gasteiger partial charge in [0.15, 0.2) is 6.10 Å². The molecule has 102 valence electrons. The van der Waals surface area contributed by atoms with Gasteiger partial charge in [0, 0.05) is 26.1 Å². The Morgan fingerprint density at radius 1 is 1.56 bits per heavy atom. The Kier molecular flexibility index (Phi) is 6.10. The second-order valence-corrected chi connectivity index (χ2v) is 5.22. The van der Waals surface area contributed by atoms with Crippen LogP contribution < -0.4 is 0 Å². The van der Waals surface area contributed by atoms with Crippen LogP contribution in [0.3, 0.4) is 0 Å². The normalized spacial score (nSPS) is 23.5. The zero-order chi connectivity index (χ0) is 13.5. The first kappa shape index (κ1) is 14.9. The Bertz CT molecular complexity index is 312. The van der Waals surface area contributed by atoms with E-state index in [4.69, 9.17) is 15.1 Å². The first-order chi connectivity index (χ1) is 8.52. The number of rotatable bonds is 7. The van der Waals surface area contributed by atoms with Crippen molar-refractivity contribution in [3.63, 3.8) is 0 Å². The van der Waals surface area contributed by atoms with Crippen molar-refractivity contribution >= 4 is 5.97 Å². The molecule has 0 bridgehead atoms. The lowest BCUT2D eigenvalue weighted by molar-refractivity contribution is -0.149. The third kappa shape index (κ3) is 5.03. The standard InChI is InChI=1S/C13H22N2O3/c1-10(2)8-15(7-3-6-14)9-11-4-5-12(18-11)13(16)17/h10-12H,3-5,7-9H2,1-2H3,(H,16,17). The van der Waals surface area contributed by atoms with Crippen LogP contribution in [0.5, 0.6) is 0 Å². The average molecular weight is 254 g/mol. The van der Waals surface area contributed by atoms with E-state index in [2.05, 4.69) is 24.8 Å². The van der Waals surface area contributed by atoms with Crippen molar-refractivity contribution in [3.05, 3.63) is 0 Å². The van der Waals surface area contributed by atoms with Gasteiger partial charge in [-0.05, 0) is 18.8 Å². The van der Waals surface area contributed by atoms with Crippen molar-refractivity contribution in [2.24, 2.45) is 5.92 Å². The highest BCUT2D eigenvalue weighted by Gasteiger charge is 2.31. The molecule has 1 saturated heterocycles. The van der Waals surface area contributed by atoms with Gasteiger partial charge >= 0.3 is 5.97 Å². The van der Waals surface area contributed by atoms with Gasteiger partial charge in [0.1, 0.15) is 0 Å². The zero-order valence-electron chi connectivity index (χ0n) is 11.1. The predicted octanol–water partition coefficient (Wildman–Crippen LogP) is 1.49. The molecule has 0 spiro atoms. The van der Waals surface area contributed by atoms with E-state index in [0.717, 1.165) is 26.1 Å². The molecule has 1 rings (SSSR count). The fraction of sp³-hybridized carbons (Fsp3) is 0.846. The summed E-state index contributed by atoms with van der Waals surface area (Å²) in [4.78, 5) is 13.0. The molecule has 5 nitrogen and oxygen atoms in total. The third-order valence-corrected chi connectivity index (χ3v) is 3.01. The average Bonchev–Trinajstić information content (AvgIpc) is 2.73.